The fourth-order valence-electron chi connectivity index (χ4n) is 5.41. The highest BCUT2D eigenvalue weighted by Gasteiger charge is 2.44. The Balaban J connectivity index is 2.49. The second-order valence-corrected chi connectivity index (χ2v) is 19.7. The van der Waals surface area contributed by atoms with Crippen molar-refractivity contribution in [3.05, 3.63) is 57.6 Å². The summed E-state index contributed by atoms with van der Waals surface area (Å²) in [4.78, 5) is 0. The van der Waals surface area contributed by atoms with Gasteiger partial charge < -0.3 is 9.05 Å². The highest BCUT2D eigenvalue weighted by atomic mass is 31.2. The van der Waals surface area contributed by atoms with Gasteiger partial charge in [0.05, 0.1) is 5.22 Å². The molecule has 3 rings (SSSR count). The number of benzene rings is 2. The van der Waals surface area contributed by atoms with Crippen LogP contribution < -0.4 is 9.05 Å². The standard InChI is InChI=1S/C35H57O4PSi/c1-15-17-35(41,16-2)39-40(36)37-29-23(19-25(31(3,4)5)21-27(29)33(9,10)11)18-24-20-26(32(6,7)8)22-28(30(24)38-40)34(12,13)14/h19-22H,15-18H2,1-14,41H3. The van der Waals surface area contributed by atoms with Gasteiger partial charge in [-0.3, -0.25) is 4.52 Å². The third-order valence-corrected chi connectivity index (χ3v) is 11.6. The van der Waals surface area contributed by atoms with Crippen molar-refractivity contribution in [2.75, 3.05) is 0 Å². The molecule has 0 fully saturated rings. The summed E-state index contributed by atoms with van der Waals surface area (Å²) in [6.45, 7) is 30.8. The van der Waals surface area contributed by atoms with E-state index in [9.17, 15) is 0 Å². The van der Waals surface area contributed by atoms with Crippen molar-refractivity contribution in [3.63, 3.8) is 0 Å². The van der Waals surface area contributed by atoms with E-state index in [2.05, 4.69) is 121 Å². The molecule has 6 heteroatoms. The first-order chi connectivity index (χ1) is 18.4. The molecular weight excluding hydrogens is 543 g/mol. The average molecular weight is 601 g/mol. The van der Waals surface area contributed by atoms with Crippen LogP contribution >= 0.6 is 7.82 Å². The molecule has 230 valence electrons. The second-order valence-electron chi connectivity index (χ2n) is 16.5. The molecular formula is C35H57O4PSi. The normalized spacial score (nSPS) is 17.4. The number of hydrogen-bond acceptors (Lipinski definition) is 4. The van der Waals surface area contributed by atoms with Crippen molar-refractivity contribution < 1.29 is 18.1 Å². The summed E-state index contributed by atoms with van der Waals surface area (Å²) in [6.07, 6.45) is 3.14. The van der Waals surface area contributed by atoms with Crippen LogP contribution in [0.25, 0.3) is 0 Å². The van der Waals surface area contributed by atoms with Crippen molar-refractivity contribution in [2.24, 2.45) is 0 Å². The molecule has 0 radical (unpaired) electrons. The maximum Gasteiger partial charge on any atom is 0.587 e. The fourth-order valence-corrected chi connectivity index (χ4v) is 8.33. The first-order valence-electron chi connectivity index (χ1n) is 15.5. The molecule has 1 atom stereocenters. The summed E-state index contributed by atoms with van der Waals surface area (Å²) in [5.74, 6) is 1.30. The summed E-state index contributed by atoms with van der Waals surface area (Å²) in [6, 6.07) is 8.98. The predicted molar refractivity (Wildman–Crippen MR) is 178 cm³/mol. The van der Waals surface area contributed by atoms with Crippen LogP contribution in [-0.4, -0.2) is 15.5 Å². The zero-order valence-electron chi connectivity index (χ0n) is 28.7. The lowest BCUT2D eigenvalue weighted by atomic mass is 9.76. The third kappa shape index (κ3) is 7.70. The van der Waals surface area contributed by atoms with Gasteiger partial charge in [-0.05, 0) is 56.8 Å². The van der Waals surface area contributed by atoms with Gasteiger partial charge >= 0.3 is 7.82 Å². The Hall–Kier alpha value is -1.55. The molecule has 41 heavy (non-hydrogen) atoms. The molecule has 1 unspecified atom stereocenters. The molecule has 0 saturated heterocycles. The molecule has 2 aromatic carbocycles. The van der Waals surface area contributed by atoms with Crippen LogP contribution in [-0.2, 0) is 37.2 Å². The lowest BCUT2D eigenvalue weighted by Crippen LogP contribution is -2.33. The van der Waals surface area contributed by atoms with Crippen LogP contribution in [0.1, 0.15) is 150 Å². The van der Waals surface area contributed by atoms with Gasteiger partial charge in [-0.25, -0.2) is 4.57 Å². The highest BCUT2D eigenvalue weighted by Crippen LogP contribution is 2.59. The van der Waals surface area contributed by atoms with E-state index in [0.717, 1.165) is 41.5 Å². The molecule has 1 aliphatic rings. The summed E-state index contributed by atoms with van der Waals surface area (Å²) in [7, 11) is -3.37. The van der Waals surface area contributed by atoms with Crippen LogP contribution in [0, 0.1) is 0 Å². The monoisotopic (exact) mass is 600 g/mol. The second kappa shape index (κ2) is 11.2. The first kappa shape index (κ1) is 33.9. The molecule has 0 N–H and O–H groups in total. The van der Waals surface area contributed by atoms with Gasteiger partial charge in [0.2, 0.25) is 0 Å². The summed E-state index contributed by atoms with van der Waals surface area (Å²) < 4.78 is 35.0. The lowest BCUT2D eigenvalue weighted by Gasteiger charge is -2.37. The molecule has 4 nitrogen and oxygen atoms in total. The van der Waals surface area contributed by atoms with E-state index >= 15 is 4.57 Å². The number of fused-ring (bicyclic) bond motifs is 2. The molecule has 0 saturated carbocycles. The Morgan fingerprint density at radius 1 is 0.707 bits per heavy atom. The molecule has 0 aliphatic carbocycles. The number of hydrogen-bond donors (Lipinski definition) is 0. The van der Waals surface area contributed by atoms with Crippen molar-refractivity contribution >= 4 is 18.1 Å². The summed E-state index contributed by atoms with van der Waals surface area (Å²) in [5.41, 5.74) is 6.01. The summed E-state index contributed by atoms with van der Waals surface area (Å²) in [5, 5.41) is -0.510. The number of phosphoric acid groups is 1. The first-order valence-corrected chi connectivity index (χ1v) is 17.9. The molecule has 0 aromatic heterocycles. The number of phosphoric ester groups is 1. The minimum Gasteiger partial charge on any atom is -0.394 e. The Labute approximate surface area is 254 Å². The van der Waals surface area contributed by atoms with Crippen LogP contribution in [0.5, 0.6) is 11.5 Å². The van der Waals surface area contributed by atoms with Gasteiger partial charge in [-0.2, -0.15) is 0 Å². The van der Waals surface area contributed by atoms with Crippen molar-refractivity contribution in [2.45, 2.75) is 149 Å². The molecule has 0 bridgehead atoms. The molecule has 2 aromatic rings. The maximum atomic E-state index is 15.1. The molecule has 1 aliphatic heterocycles. The summed E-state index contributed by atoms with van der Waals surface area (Å²) >= 11 is 0. The Bertz CT molecular complexity index is 1230. The fraction of sp³-hybridized carbons (Fsp3) is 0.657. The van der Waals surface area contributed by atoms with Crippen molar-refractivity contribution in [1.82, 2.24) is 0 Å². The zero-order chi connectivity index (χ0) is 31.4. The SMILES string of the molecule is CCCC([SiH3])(CC)OP1(=O)Oc2c(cc(C(C)(C)C)cc2C(C)(C)C)Cc2cc(C(C)(C)C)cc(C(C)(C)C)c2O1. The topological polar surface area (TPSA) is 44.8 Å². The predicted octanol–water partition coefficient (Wildman–Crippen LogP) is 9.64. The van der Waals surface area contributed by atoms with Crippen LogP contribution in [0.4, 0.5) is 0 Å². The van der Waals surface area contributed by atoms with Gasteiger partial charge in [0.25, 0.3) is 0 Å². The van der Waals surface area contributed by atoms with Gasteiger partial charge in [0.15, 0.2) is 0 Å². The largest absolute Gasteiger partial charge is 0.587 e. The van der Waals surface area contributed by atoms with Crippen LogP contribution in [0.3, 0.4) is 0 Å². The van der Waals surface area contributed by atoms with Crippen LogP contribution in [0.15, 0.2) is 24.3 Å². The Kier molecular flexibility index (Phi) is 9.25. The highest BCUT2D eigenvalue weighted by molar-refractivity contribution is 7.49. The van der Waals surface area contributed by atoms with Gasteiger partial charge in [-0.1, -0.05) is 128 Å². The van der Waals surface area contributed by atoms with Gasteiger partial charge in [-0.15, -0.1) is 0 Å². The van der Waals surface area contributed by atoms with E-state index in [0.29, 0.717) is 28.2 Å². The zero-order valence-corrected chi connectivity index (χ0v) is 31.6. The van der Waals surface area contributed by atoms with E-state index < -0.39 is 13.0 Å². The Morgan fingerprint density at radius 3 is 1.39 bits per heavy atom. The van der Waals surface area contributed by atoms with Crippen LogP contribution in [0.2, 0.25) is 0 Å². The van der Waals surface area contributed by atoms with Crippen molar-refractivity contribution in [1.29, 1.82) is 0 Å². The quantitative estimate of drug-likeness (QED) is 0.253. The van der Waals surface area contributed by atoms with E-state index in [1.807, 2.05) is 0 Å². The average Bonchev–Trinajstić information content (AvgIpc) is 2.76. The lowest BCUT2D eigenvalue weighted by molar-refractivity contribution is 0.0958. The molecule has 0 spiro atoms. The van der Waals surface area contributed by atoms with Gasteiger partial charge in [0.1, 0.15) is 11.5 Å². The van der Waals surface area contributed by atoms with Crippen molar-refractivity contribution in [3.8, 4) is 11.5 Å². The molecule has 1 heterocycles. The minimum absolute atomic E-state index is 0.0613. The molecule has 0 amide bonds. The smallest absolute Gasteiger partial charge is 0.394 e. The van der Waals surface area contributed by atoms with E-state index in [1.165, 1.54) is 11.1 Å². The van der Waals surface area contributed by atoms with E-state index in [4.69, 9.17) is 13.6 Å². The van der Waals surface area contributed by atoms with E-state index in [-0.39, 0.29) is 21.7 Å². The third-order valence-electron chi connectivity index (χ3n) is 8.33. The Morgan fingerprint density at radius 2 is 1.10 bits per heavy atom. The maximum absolute atomic E-state index is 15.1. The number of rotatable bonds is 5. The van der Waals surface area contributed by atoms with Gasteiger partial charge in [0, 0.05) is 27.8 Å². The minimum atomic E-state index is -4.09. The van der Waals surface area contributed by atoms with E-state index in [1.54, 1.807) is 0 Å².